The first-order valence-corrected chi connectivity index (χ1v) is 10.7. The fourth-order valence-electron chi connectivity index (χ4n) is 4.25. The van der Waals surface area contributed by atoms with Crippen LogP contribution in [-0.4, -0.2) is 51.9 Å². The number of carbonyl (C=O) groups is 1. The Morgan fingerprint density at radius 2 is 2.13 bits per heavy atom. The summed E-state index contributed by atoms with van der Waals surface area (Å²) in [4.78, 5) is 25.2. The van der Waals surface area contributed by atoms with Gasteiger partial charge in [0.1, 0.15) is 11.5 Å². The van der Waals surface area contributed by atoms with Gasteiger partial charge in [-0.3, -0.25) is 9.89 Å². The number of ketones is 1. The number of ether oxygens (including phenoxy) is 1. The van der Waals surface area contributed by atoms with E-state index >= 15 is 0 Å². The Morgan fingerprint density at radius 3 is 3.03 bits per heavy atom. The molecule has 2 aliphatic heterocycles. The summed E-state index contributed by atoms with van der Waals surface area (Å²) < 4.78 is 11.5. The summed E-state index contributed by atoms with van der Waals surface area (Å²) >= 11 is 1.40. The molecule has 0 saturated carbocycles. The van der Waals surface area contributed by atoms with Gasteiger partial charge in [-0.05, 0) is 36.0 Å². The normalized spacial score (nSPS) is 20.4. The lowest BCUT2D eigenvalue weighted by Gasteiger charge is -2.32. The number of carbonyl (C=O) groups excluding carboxylic acids is 1. The molecule has 2 unspecified atom stereocenters. The van der Waals surface area contributed by atoms with Crippen molar-refractivity contribution in [1.82, 2.24) is 25.5 Å². The van der Waals surface area contributed by atoms with Crippen molar-refractivity contribution in [1.29, 1.82) is 0 Å². The number of nitrogens with one attached hydrogen (secondary N) is 3. The summed E-state index contributed by atoms with van der Waals surface area (Å²) in [5, 5.41) is 11.6. The third kappa shape index (κ3) is 3.06. The van der Waals surface area contributed by atoms with Crippen molar-refractivity contribution in [3.63, 3.8) is 0 Å². The number of nitrogens with zero attached hydrogens (tertiary/aromatic N) is 3. The SMILES string of the molecule is COc1ccc2nc(Sc3ccc(C4c5cn[nH]c5N=C5CNCC(=O)C54)o3)[nH]c2c1. The van der Waals surface area contributed by atoms with Crippen molar-refractivity contribution >= 4 is 40.1 Å². The second-order valence-electron chi connectivity index (χ2n) is 7.49. The summed E-state index contributed by atoms with van der Waals surface area (Å²) in [7, 11) is 1.64. The zero-order chi connectivity index (χ0) is 20.9. The first-order chi connectivity index (χ1) is 15.2. The number of aliphatic imine (C=N–C) groups is 1. The van der Waals surface area contributed by atoms with Crippen LogP contribution in [0.4, 0.5) is 5.82 Å². The predicted octanol–water partition coefficient (Wildman–Crippen LogP) is 3.05. The van der Waals surface area contributed by atoms with Crippen LogP contribution in [0, 0.1) is 5.92 Å². The fourth-order valence-corrected chi connectivity index (χ4v) is 5.02. The van der Waals surface area contributed by atoms with Crippen molar-refractivity contribution in [2.24, 2.45) is 10.9 Å². The highest BCUT2D eigenvalue weighted by Crippen LogP contribution is 2.44. The topological polar surface area (TPSA) is 121 Å². The molecule has 1 saturated heterocycles. The summed E-state index contributed by atoms with van der Waals surface area (Å²) in [5.74, 6) is 1.70. The Balaban J connectivity index is 1.33. The highest BCUT2D eigenvalue weighted by molar-refractivity contribution is 7.99. The number of aromatic nitrogens is 4. The van der Waals surface area contributed by atoms with Crippen LogP contribution in [0.2, 0.25) is 0 Å². The van der Waals surface area contributed by atoms with E-state index in [1.165, 1.54) is 11.8 Å². The van der Waals surface area contributed by atoms with Crippen molar-refractivity contribution < 1.29 is 13.9 Å². The van der Waals surface area contributed by atoms with Crippen LogP contribution < -0.4 is 10.1 Å². The van der Waals surface area contributed by atoms with Crippen LogP contribution in [0.3, 0.4) is 0 Å². The third-order valence-electron chi connectivity index (χ3n) is 5.66. The number of imidazole rings is 1. The minimum Gasteiger partial charge on any atom is -0.497 e. The standard InChI is InChI=1S/C21H18N6O3S/c1-29-10-2-3-12-13(6-10)26-21(25-12)31-17-5-4-16(30-17)18-11-7-23-27-20(11)24-14-8-22-9-15(28)19(14)18/h2-7,18-19,22H,8-9H2,1H3,(H,23,27)(H,25,26). The van der Waals surface area contributed by atoms with Gasteiger partial charge in [0, 0.05) is 23.9 Å². The maximum atomic E-state index is 12.7. The lowest BCUT2D eigenvalue weighted by Crippen LogP contribution is -2.48. The maximum Gasteiger partial charge on any atom is 0.174 e. The van der Waals surface area contributed by atoms with E-state index in [9.17, 15) is 4.79 Å². The molecule has 0 aliphatic carbocycles. The molecule has 0 radical (unpaired) electrons. The van der Waals surface area contributed by atoms with Crippen LogP contribution in [0.15, 0.2) is 56.2 Å². The van der Waals surface area contributed by atoms with Gasteiger partial charge in [0.05, 0.1) is 42.7 Å². The van der Waals surface area contributed by atoms with Crippen molar-refractivity contribution in [2.75, 3.05) is 20.2 Å². The highest BCUT2D eigenvalue weighted by atomic mass is 32.2. The fraction of sp³-hybridized carbons (Fsp3) is 0.238. The number of Topliss-reactive ketones (excluding diaryl/α,β-unsaturated/α-hetero) is 1. The second-order valence-corrected chi connectivity index (χ2v) is 8.48. The smallest absolute Gasteiger partial charge is 0.174 e. The number of hydrogen-bond donors (Lipinski definition) is 3. The minimum atomic E-state index is -0.339. The molecule has 2 aliphatic rings. The molecule has 156 valence electrons. The van der Waals surface area contributed by atoms with E-state index in [1.54, 1.807) is 13.3 Å². The average molecular weight is 434 g/mol. The van der Waals surface area contributed by atoms with Crippen LogP contribution in [0.5, 0.6) is 5.75 Å². The number of H-pyrrole nitrogens is 2. The number of rotatable bonds is 4. The quantitative estimate of drug-likeness (QED) is 0.451. The van der Waals surface area contributed by atoms with Gasteiger partial charge >= 0.3 is 0 Å². The molecule has 1 fully saturated rings. The number of aromatic amines is 2. The molecule has 2 atom stereocenters. The molecule has 9 nitrogen and oxygen atoms in total. The van der Waals surface area contributed by atoms with Crippen LogP contribution >= 0.6 is 11.8 Å². The van der Waals surface area contributed by atoms with E-state index in [4.69, 9.17) is 9.15 Å². The third-order valence-corrected chi connectivity index (χ3v) is 6.46. The molecule has 5 heterocycles. The van der Waals surface area contributed by atoms with Crippen LogP contribution in [-0.2, 0) is 4.79 Å². The second kappa shape index (κ2) is 7.10. The molecule has 3 N–H and O–H groups in total. The van der Waals surface area contributed by atoms with Crippen molar-refractivity contribution in [3.05, 3.63) is 47.9 Å². The number of hydrogen-bond acceptors (Lipinski definition) is 8. The predicted molar refractivity (Wildman–Crippen MR) is 114 cm³/mol. The molecule has 31 heavy (non-hydrogen) atoms. The van der Waals surface area contributed by atoms with Gasteiger partial charge in [-0.25, -0.2) is 9.98 Å². The Bertz CT molecular complexity index is 1340. The molecular weight excluding hydrogens is 416 g/mol. The lowest BCUT2D eigenvalue weighted by molar-refractivity contribution is -0.121. The molecule has 4 aromatic rings. The molecular formula is C21H18N6O3S. The van der Waals surface area contributed by atoms with E-state index in [0.29, 0.717) is 24.0 Å². The van der Waals surface area contributed by atoms with E-state index in [0.717, 1.165) is 39.0 Å². The molecule has 1 aromatic carbocycles. The highest BCUT2D eigenvalue weighted by Gasteiger charge is 2.43. The van der Waals surface area contributed by atoms with Gasteiger partial charge in [0.25, 0.3) is 0 Å². The molecule has 3 aromatic heterocycles. The van der Waals surface area contributed by atoms with Gasteiger partial charge in [0.15, 0.2) is 21.8 Å². The number of methoxy groups -OCH3 is 1. The first-order valence-electron chi connectivity index (χ1n) is 9.85. The van der Waals surface area contributed by atoms with Crippen LogP contribution in [0.25, 0.3) is 11.0 Å². The van der Waals surface area contributed by atoms with Crippen molar-refractivity contribution in [2.45, 2.75) is 16.2 Å². The maximum absolute atomic E-state index is 12.7. The lowest BCUT2D eigenvalue weighted by atomic mass is 9.76. The van der Waals surface area contributed by atoms with E-state index in [-0.39, 0.29) is 17.6 Å². The Hall–Kier alpha value is -3.37. The molecule has 0 spiro atoms. The minimum absolute atomic E-state index is 0.110. The van der Waals surface area contributed by atoms with Gasteiger partial charge in [-0.1, -0.05) is 0 Å². The largest absolute Gasteiger partial charge is 0.497 e. The molecule has 0 amide bonds. The van der Waals surface area contributed by atoms with Crippen molar-refractivity contribution in [3.8, 4) is 5.75 Å². The van der Waals surface area contributed by atoms with Gasteiger partial charge in [0.2, 0.25) is 0 Å². The van der Waals surface area contributed by atoms with Gasteiger partial charge < -0.3 is 19.5 Å². The summed E-state index contributed by atoms with van der Waals surface area (Å²) in [6, 6.07) is 9.53. The van der Waals surface area contributed by atoms with Crippen LogP contribution in [0.1, 0.15) is 17.2 Å². The Kier molecular flexibility index (Phi) is 4.22. The van der Waals surface area contributed by atoms with E-state index < -0.39 is 0 Å². The van der Waals surface area contributed by atoms with E-state index in [2.05, 4.69) is 30.5 Å². The zero-order valence-corrected chi connectivity index (χ0v) is 17.3. The molecule has 6 rings (SSSR count). The first kappa shape index (κ1) is 18.4. The number of piperidine rings is 1. The number of benzene rings is 1. The number of fused-ring (bicyclic) bond motifs is 3. The zero-order valence-electron chi connectivity index (χ0n) is 16.5. The Morgan fingerprint density at radius 1 is 1.19 bits per heavy atom. The summed E-state index contributed by atoms with van der Waals surface area (Å²) in [5.41, 5.74) is 3.44. The number of furan rings is 1. The Labute approximate surface area is 180 Å². The molecule has 0 bridgehead atoms. The summed E-state index contributed by atoms with van der Waals surface area (Å²) in [6.07, 6.45) is 1.73. The summed E-state index contributed by atoms with van der Waals surface area (Å²) in [6.45, 7) is 0.911. The van der Waals surface area contributed by atoms with Gasteiger partial charge in [-0.15, -0.1) is 0 Å². The monoisotopic (exact) mass is 434 g/mol. The average Bonchev–Trinajstić information content (AvgIpc) is 3.51. The van der Waals surface area contributed by atoms with Gasteiger partial charge in [-0.2, -0.15) is 5.10 Å². The molecule has 10 heteroatoms. The van der Waals surface area contributed by atoms with E-state index in [1.807, 2.05) is 30.3 Å².